The van der Waals surface area contributed by atoms with Gasteiger partial charge in [-0.25, -0.2) is 4.39 Å². The zero-order chi connectivity index (χ0) is 16.8. The van der Waals surface area contributed by atoms with E-state index in [0.29, 0.717) is 11.1 Å². The van der Waals surface area contributed by atoms with Crippen molar-refractivity contribution < 1.29 is 9.18 Å². The number of rotatable bonds is 4. The van der Waals surface area contributed by atoms with Crippen molar-refractivity contribution in [3.8, 4) is 0 Å². The molecule has 2 aromatic rings. The van der Waals surface area contributed by atoms with Crippen LogP contribution in [0.5, 0.6) is 0 Å². The summed E-state index contributed by atoms with van der Waals surface area (Å²) in [5.41, 5.74) is 1.96. The Balaban J connectivity index is 1.66. The predicted octanol–water partition coefficient (Wildman–Crippen LogP) is 3.53. The van der Waals surface area contributed by atoms with E-state index in [4.69, 9.17) is 0 Å². The first-order chi connectivity index (χ1) is 11.7. The highest BCUT2D eigenvalue weighted by atomic mass is 19.1. The molecule has 1 fully saturated rings. The average molecular weight is 327 g/mol. The van der Waals surface area contributed by atoms with Crippen LogP contribution in [0, 0.1) is 5.82 Å². The SMILES string of the molecule is O=C(NCc1ccccc1F)c1cncc(N2CCCCCC2)c1. The van der Waals surface area contributed by atoms with Crippen LogP contribution in [-0.4, -0.2) is 24.0 Å². The zero-order valence-corrected chi connectivity index (χ0v) is 13.7. The van der Waals surface area contributed by atoms with Crippen molar-refractivity contribution in [2.45, 2.75) is 32.2 Å². The first-order valence-corrected chi connectivity index (χ1v) is 8.45. The fourth-order valence-electron chi connectivity index (χ4n) is 2.97. The summed E-state index contributed by atoms with van der Waals surface area (Å²) in [5, 5.41) is 2.76. The number of benzene rings is 1. The summed E-state index contributed by atoms with van der Waals surface area (Å²) in [6, 6.07) is 8.32. The van der Waals surface area contributed by atoms with Crippen molar-refractivity contribution in [2.75, 3.05) is 18.0 Å². The molecule has 0 atom stereocenters. The maximum atomic E-state index is 13.6. The summed E-state index contributed by atoms with van der Waals surface area (Å²) >= 11 is 0. The molecule has 2 heterocycles. The highest BCUT2D eigenvalue weighted by Crippen LogP contribution is 2.19. The monoisotopic (exact) mass is 327 g/mol. The number of hydrogen-bond donors (Lipinski definition) is 1. The molecule has 1 aromatic carbocycles. The van der Waals surface area contributed by atoms with Gasteiger partial charge in [0.25, 0.3) is 5.91 Å². The summed E-state index contributed by atoms with van der Waals surface area (Å²) in [6.45, 7) is 2.17. The molecule has 1 aromatic heterocycles. The van der Waals surface area contributed by atoms with E-state index in [-0.39, 0.29) is 18.3 Å². The van der Waals surface area contributed by atoms with Crippen LogP contribution in [0.1, 0.15) is 41.6 Å². The lowest BCUT2D eigenvalue weighted by Crippen LogP contribution is -2.26. The average Bonchev–Trinajstić information content (AvgIpc) is 2.90. The van der Waals surface area contributed by atoms with Crippen LogP contribution in [-0.2, 0) is 6.54 Å². The summed E-state index contributed by atoms with van der Waals surface area (Å²) in [6.07, 6.45) is 8.21. The molecule has 1 aliphatic heterocycles. The van der Waals surface area contributed by atoms with Gasteiger partial charge in [-0.1, -0.05) is 31.0 Å². The highest BCUT2D eigenvalue weighted by Gasteiger charge is 2.13. The van der Waals surface area contributed by atoms with E-state index in [9.17, 15) is 9.18 Å². The van der Waals surface area contributed by atoms with Gasteiger partial charge in [0.15, 0.2) is 0 Å². The van der Waals surface area contributed by atoms with E-state index in [0.717, 1.165) is 18.8 Å². The van der Waals surface area contributed by atoms with Gasteiger partial charge >= 0.3 is 0 Å². The van der Waals surface area contributed by atoms with Gasteiger partial charge in [0.1, 0.15) is 5.82 Å². The second kappa shape index (κ2) is 7.90. The predicted molar refractivity (Wildman–Crippen MR) is 92.5 cm³/mol. The van der Waals surface area contributed by atoms with Gasteiger partial charge in [0.05, 0.1) is 17.4 Å². The number of nitrogens with zero attached hydrogens (tertiary/aromatic N) is 2. The molecule has 0 aliphatic carbocycles. The molecule has 1 aliphatic rings. The Kier molecular flexibility index (Phi) is 5.41. The molecule has 1 amide bonds. The zero-order valence-electron chi connectivity index (χ0n) is 13.7. The first-order valence-electron chi connectivity index (χ1n) is 8.45. The van der Waals surface area contributed by atoms with Crippen LogP contribution >= 0.6 is 0 Å². The molecule has 126 valence electrons. The van der Waals surface area contributed by atoms with Gasteiger partial charge in [-0.2, -0.15) is 0 Å². The summed E-state index contributed by atoms with van der Waals surface area (Å²) < 4.78 is 13.6. The molecular formula is C19H22FN3O. The number of carbonyl (C=O) groups is 1. The minimum Gasteiger partial charge on any atom is -0.370 e. The van der Waals surface area contributed by atoms with Gasteiger partial charge in [-0.05, 0) is 25.0 Å². The van der Waals surface area contributed by atoms with Crippen LogP contribution in [0.4, 0.5) is 10.1 Å². The number of hydrogen-bond acceptors (Lipinski definition) is 3. The van der Waals surface area contributed by atoms with E-state index in [1.54, 1.807) is 30.6 Å². The molecule has 4 nitrogen and oxygen atoms in total. The topological polar surface area (TPSA) is 45.2 Å². The van der Waals surface area contributed by atoms with Gasteiger partial charge in [0, 0.05) is 31.4 Å². The lowest BCUT2D eigenvalue weighted by Gasteiger charge is -2.22. The van der Waals surface area contributed by atoms with Gasteiger partial charge in [0.2, 0.25) is 0 Å². The summed E-state index contributed by atoms with van der Waals surface area (Å²) in [5.74, 6) is -0.545. The lowest BCUT2D eigenvalue weighted by molar-refractivity contribution is 0.0950. The lowest BCUT2D eigenvalue weighted by atomic mass is 10.2. The molecule has 0 spiro atoms. The maximum Gasteiger partial charge on any atom is 0.253 e. The summed E-state index contributed by atoms with van der Waals surface area (Å²) in [4.78, 5) is 18.8. The first kappa shape index (κ1) is 16.4. The van der Waals surface area contributed by atoms with E-state index < -0.39 is 0 Å². The molecule has 1 saturated heterocycles. The smallest absolute Gasteiger partial charge is 0.253 e. The Morgan fingerprint density at radius 3 is 2.62 bits per heavy atom. The Morgan fingerprint density at radius 2 is 1.88 bits per heavy atom. The van der Waals surface area contributed by atoms with Gasteiger partial charge in [-0.15, -0.1) is 0 Å². The van der Waals surface area contributed by atoms with Crippen molar-refractivity contribution in [3.05, 3.63) is 59.7 Å². The number of nitrogens with one attached hydrogen (secondary N) is 1. The number of anilines is 1. The normalized spacial score (nSPS) is 15.0. The molecule has 3 rings (SSSR count). The largest absolute Gasteiger partial charge is 0.370 e. The molecule has 0 bridgehead atoms. The molecule has 1 N–H and O–H groups in total. The van der Waals surface area contributed by atoms with Crippen LogP contribution in [0.15, 0.2) is 42.7 Å². The Hall–Kier alpha value is -2.43. The Labute approximate surface area is 141 Å². The molecule has 24 heavy (non-hydrogen) atoms. The van der Waals surface area contributed by atoms with Crippen LogP contribution in [0.3, 0.4) is 0 Å². The molecule has 0 saturated carbocycles. The van der Waals surface area contributed by atoms with Crippen molar-refractivity contribution in [1.29, 1.82) is 0 Å². The number of carbonyl (C=O) groups excluding carboxylic acids is 1. The second-order valence-electron chi connectivity index (χ2n) is 6.11. The van der Waals surface area contributed by atoms with Crippen LogP contribution in [0.25, 0.3) is 0 Å². The minimum absolute atomic E-state index is 0.166. The fraction of sp³-hybridized carbons (Fsp3) is 0.368. The van der Waals surface area contributed by atoms with Crippen LogP contribution < -0.4 is 10.2 Å². The van der Waals surface area contributed by atoms with Crippen molar-refractivity contribution in [1.82, 2.24) is 10.3 Å². The molecule has 0 radical (unpaired) electrons. The number of amides is 1. The van der Waals surface area contributed by atoms with E-state index in [1.165, 1.54) is 31.7 Å². The van der Waals surface area contributed by atoms with Gasteiger partial charge in [-0.3, -0.25) is 9.78 Å². The van der Waals surface area contributed by atoms with E-state index in [2.05, 4.69) is 15.2 Å². The standard InChI is InChI=1S/C19H22FN3O/c20-18-8-4-3-7-15(18)13-22-19(24)16-11-17(14-21-12-16)23-9-5-1-2-6-10-23/h3-4,7-8,11-12,14H,1-2,5-6,9-10,13H2,(H,22,24). The highest BCUT2D eigenvalue weighted by molar-refractivity contribution is 5.94. The third-order valence-electron chi connectivity index (χ3n) is 4.35. The number of halogens is 1. The van der Waals surface area contributed by atoms with Crippen molar-refractivity contribution in [3.63, 3.8) is 0 Å². The number of pyridine rings is 1. The minimum atomic E-state index is -0.311. The van der Waals surface area contributed by atoms with E-state index >= 15 is 0 Å². The Morgan fingerprint density at radius 1 is 1.12 bits per heavy atom. The summed E-state index contributed by atoms with van der Waals surface area (Å²) in [7, 11) is 0. The van der Waals surface area contributed by atoms with E-state index in [1.807, 2.05) is 6.07 Å². The third kappa shape index (κ3) is 4.10. The van der Waals surface area contributed by atoms with Gasteiger partial charge < -0.3 is 10.2 Å². The molecule has 5 heteroatoms. The second-order valence-corrected chi connectivity index (χ2v) is 6.11. The third-order valence-corrected chi connectivity index (χ3v) is 4.35. The maximum absolute atomic E-state index is 13.6. The van der Waals surface area contributed by atoms with Crippen molar-refractivity contribution in [2.24, 2.45) is 0 Å². The molecule has 0 unspecified atom stereocenters. The fourth-order valence-corrected chi connectivity index (χ4v) is 2.97. The quantitative estimate of drug-likeness (QED) is 0.934. The van der Waals surface area contributed by atoms with Crippen LogP contribution in [0.2, 0.25) is 0 Å². The molecular weight excluding hydrogens is 305 g/mol. The Bertz CT molecular complexity index is 697. The number of aromatic nitrogens is 1. The van der Waals surface area contributed by atoms with Crippen molar-refractivity contribution >= 4 is 11.6 Å².